The number of aliphatic carboxylic acids is 1. The molecule has 7 atom stereocenters. The zero-order valence-corrected chi connectivity index (χ0v) is 21.9. The van der Waals surface area contributed by atoms with Crippen LogP contribution in [0, 0.1) is 50.2 Å². The number of hydrogen-bond acceptors (Lipinski definition) is 1. The van der Waals surface area contributed by atoms with Crippen LogP contribution in [0.15, 0.2) is 11.6 Å². The van der Waals surface area contributed by atoms with Gasteiger partial charge in [0.15, 0.2) is 0 Å². The molecule has 2 heteroatoms. The summed E-state index contributed by atoms with van der Waals surface area (Å²) < 4.78 is 0. The third-order valence-electron chi connectivity index (χ3n) is 12.8. The molecule has 2 nitrogen and oxygen atoms in total. The van der Waals surface area contributed by atoms with Crippen LogP contribution >= 0.6 is 0 Å². The topological polar surface area (TPSA) is 37.3 Å². The van der Waals surface area contributed by atoms with E-state index in [1.165, 1.54) is 38.5 Å². The monoisotopic (exact) mass is 440 g/mol. The lowest BCUT2D eigenvalue weighted by molar-refractivity contribution is -0.187. The maximum Gasteiger partial charge on any atom is 0.310 e. The van der Waals surface area contributed by atoms with Crippen molar-refractivity contribution in [1.29, 1.82) is 0 Å². The number of fused-ring (bicyclic) bond motifs is 7. The van der Waals surface area contributed by atoms with E-state index < -0.39 is 11.4 Å². The second-order valence-corrected chi connectivity index (χ2v) is 15.0. The second kappa shape index (κ2) is 6.66. The Kier molecular flexibility index (Phi) is 4.78. The standard InChI is InChI=1S/C30H48O2/c1-25(2)15-17-30(24(31)32)18-16-28(6)20(21(30)19-25)9-10-23-27(5)13-8-12-26(3,4)22(27)11-14-29(23,28)7/h9,21-23H,8,10-19H2,1-7H3,(H,31,32)/t21-,22?,23+,27-,28+,29+,30-/m0/s1. The molecule has 0 amide bonds. The molecule has 1 N–H and O–H groups in total. The number of carbonyl (C=O) groups is 1. The second-order valence-electron chi connectivity index (χ2n) is 15.0. The first-order chi connectivity index (χ1) is 14.7. The number of hydrogen-bond donors (Lipinski definition) is 1. The molecular formula is C30H48O2. The van der Waals surface area contributed by atoms with Crippen molar-refractivity contribution in [2.45, 2.75) is 119 Å². The van der Waals surface area contributed by atoms with Crippen LogP contribution in [0.1, 0.15) is 119 Å². The van der Waals surface area contributed by atoms with Crippen LogP contribution in [0.25, 0.3) is 0 Å². The highest BCUT2D eigenvalue weighted by molar-refractivity contribution is 5.76. The molecule has 0 aromatic heterocycles. The van der Waals surface area contributed by atoms with Gasteiger partial charge in [0.25, 0.3) is 0 Å². The molecule has 0 radical (unpaired) electrons. The summed E-state index contributed by atoms with van der Waals surface area (Å²) in [6.45, 7) is 17.7. The van der Waals surface area contributed by atoms with Gasteiger partial charge in [0.1, 0.15) is 0 Å². The van der Waals surface area contributed by atoms with Crippen molar-refractivity contribution in [2.75, 3.05) is 0 Å². The minimum absolute atomic E-state index is 0.155. The molecule has 0 aromatic carbocycles. The van der Waals surface area contributed by atoms with Gasteiger partial charge in [-0.05, 0) is 109 Å². The highest BCUT2D eigenvalue weighted by Gasteiger charge is 2.68. The van der Waals surface area contributed by atoms with Crippen molar-refractivity contribution in [3.05, 3.63) is 11.6 Å². The molecule has 0 aromatic rings. The summed E-state index contributed by atoms with van der Waals surface area (Å²) in [5.74, 6) is 1.28. The molecule has 5 aliphatic rings. The fourth-order valence-corrected chi connectivity index (χ4v) is 10.7. The Labute approximate surface area is 197 Å². The maximum absolute atomic E-state index is 12.7. The molecule has 0 bridgehead atoms. The van der Waals surface area contributed by atoms with Gasteiger partial charge in [-0.15, -0.1) is 0 Å². The fraction of sp³-hybridized carbons (Fsp3) is 0.900. The normalized spacial score (nSPS) is 51.3. The Hall–Kier alpha value is -0.790. The smallest absolute Gasteiger partial charge is 0.310 e. The van der Waals surface area contributed by atoms with Crippen LogP contribution in [0.3, 0.4) is 0 Å². The number of rotatable bonds is 1. The minimum Gasteiger partial charge on any atom is -0.481 e. The van der Waals surface area contributed by atoms with Crippen molar-refractivity contribution in [2.24, 2.45) is 50.2 Å². The van der Waals surface area contributed by atoms with Crippen LogP contribution < -0.4 is 0 Å². The SMILES string of the molecule is CC1(C)CC[C@]2(C(=O)O)CC[C@]3(C)C(=CC[C@@H]4[C@@]5(C)CCCC(C)(C)C5CC[C@]43C)[C@@H]2C1. The average molecular weight is 441 g/mol. The molecule has 5 aliphatic carbocycles. The number of allylic oxidation sites excluding steroid dienone is 2. The predicted octanol–water partition coefficient (Wildman–Crippen LogP) is 8.26. The van der Waals surface area contributed by atoms with E-state index in [4.69, 9.17) is 0 Å². The van der Waals surface area contributed by atoms with E-state index in [-0.39, 0.29) is 16.7 Å². The maximum atomic E-state index is 12.7. The van der Waals surface area contributed by atoms with Gasteiger partial charge in [0, 0.05) is 0 Å². The van der Waals surface area contributed by atoms with Crippen LogP contribution in [-0.2, 0) is 4.79 Å². The van der Waals surface area contributed by atoms with Crippen molar-refractivity contribution in [3.8, 4) is 0 Å². The van der Waals surface area contributed by atoms with E-state index in [0.29, 0.717) is 16.2 Å². The van der Waals surface area contributed by atoms with Gasteiger partial charge in [0.2, 0.25) is 0 Å². The first-order valence-corrected chi connectivity index (χ1v) is 13.7. The zero-order valence-electron chi connectivity index (χ0n) is 21.9. The fourth-order valence-electron chi connectivity index (χ4n) is 10.7. The van der Waals surface area contributed by atoms with Gasteiger partial charge in [0.05, 0.1) is 5.41 Å². The Morgan fingerprint density at radius 2 is 1.56 bits per heavy atom. The van der Waals surface area contributed by atoms with Crippen molar-refractivity contribution >= 4 is 5.97 Å². The molecule has 0 spiro atoms. The van der Waals surface area contributed by atoms with E-state index in [2.05, 4.69) is 54.5 Å². The number of carboxylic acids is 1. The molecule has 0 aliphatic heterocycles. The molecule has 4 saturated carbocycles. The average Bonchev–Trinajstić information content (AvgIpc) is 2.67. The van der Waals surface area contributed by atoms with Crippen molar-refractivity contribution < 1.29 is 9.90 Å². The summed E-state index contributed by atoms with van der Waals surface area (Å²) in [7, 11) is 0. The molecule has 4 fully saturated rings. The molecule has 0 heterocycles. The third-order valence-corrected chi connectivity index (χ3v) is 12.8. The van der Waals surface area contributed by atoms with E-state index in [9.17, 15) is 9.90 Å². The Bertz CT molecular complexity index is 851. The van der Waals surface area contributed by atoms with E-state index >= 15 is 0 Å². The van der Waals surface area contributed by atoms with Crippen LogP contribution in [0.2, 0.25) is 0 Å². The summed E-state index contributed by atoms with van der Waals surface area (Å²) in [6.07, 6.45) is 15.5. The Morgan fingerprint density at radius 1 is 0.875 bits per heavy atom. The predicted molar refractivity (Wildman–Crippen MR) is 131 cm³/mol. The van der Waals surface area contributed by atoms with Gasteiger partial charge in [-0.2, -0.15) is 0 Å². The van der Waals surface area contributed by atoms with Gasteiger partial charge in [-0.1, -0.05) is 66.5 Å². The minimum atomic E-state index is -0.516. The largest absolute Gasteiger partial charge is 0.481 e. The molecule has 0 saturated heterocycles. The van der Waals surface area contributed by atoms with Crippen LogP contribution in [0.4, 0.5) is 0 Å². The highest BCUT2D eigenvalue weighted by atomic mass is 16.4. The zero-order chi connectivity index (χ0) is 23.4. The lowest BCUT2D eigenvalue weighted by Crippen LogP contribution is -2.63. The van der Waals surface area contributed by atoms with Gasteiger partial charge >= 0.3 is 5.97 Å². The summed E-state index contributed by atoms with van der Waals surface area (Å²) in [5, 5.41) is 10.5. The van der Waals surface area contributed by atoms with Crippen LogP contribution in [0.5, 0.6) is 0 Å². The summed E-state index contributed by atoms with van der Waals surface area (Å²) in [4.78, 5) is 12.7. The first kappa shape index (κ1) is 23.0. The van der Waals surface area contributed by atoms with Crippen molar-refractivity contribution in [3.63, 3.8) is 0 Å². The third kappa shape index (κ3) is 2.73. The highest BCUT2D eigenvalue weighted by Crippen LogP contribution is 2.75. The molecule has 5 rings (SSSR count). The molecule has 32 heavy (non-hydrogen) atoms. The van der Waals surface area contributed by atoms with Gasteiger partial charge in [-0.25, -0.2) is 0 Å². The van der Waals surface area contributed by atoms with E-state index in [0.717, 1.165) is 43.9 Å². The summed E-state index contributed by atoms with van der Waals surface area (Å²) >= 11 is 0. The summed E-state index contributed by atoms with van der Waals surface area (Å²) in [5.41, 5.74) is 2.62. The quantitative estimate of drug-likeness (QED) is 0.417. The van der Waals surface area contributed by atoms with E-state index in [1.807, 2.05) is 0 Å². The number of carboxylic acid groups (broad SMARTS) is 1. The lowest BCUT2D eigenvalue weighted by atomic mass is 9.33. The Morgan fingerprint density at radius 3 is 2.25 bits per heavy atom. The lowest BCUT2D eigenvalue weighted by Gasteiger charge is -2.70. The van der Waals surface area contributed by atoms with Crippen LogP contribution in [-0.4, -0.2) is 11.1 Å². The first-order valence-electron chi connectivity index (χ1n) is 13.7. The Balaban J connectivity index is 1.60. The van der Waals surface area contributed by atoms with Gasteiger partial charge in [-0.3, -0.25) is 4.79 Å². The molecular weight excluding hydrogens is 392 g/mol. The van der Waals surface area contributed by atoms with Gasteiger partial charge < -0.3 is 5.11 Å². The molecule has 1 unspecified atom stereocenters. The molecule has 180 valence electrons. The summed E-state index contributed by atoms with van der Waals surface area (Å²) in [6, 6.07) is 0. The van der Waals surface area contributed by atoms with Crippen molar-refractivity contribution in [1.82, 2.24) is 0 Å². The van der Waals surface area contributed by atoms with E-state index in [1.54, 1.807) is 5.57 Å².